The second kappa shape index (κ2) is 10.2. The van der Waals surface area contributed by atoms with Crippen molar-refractivity contribution in [1.29, 1.82) is 0 Å². The normalized spacial score (nSPS) is 11.0. The summed E-state index contributed by atoms with van der Waals surface area (Å²) in [5, 5.41) is 42.4. The number of aliphatic hydroxyl groups is 4. The van der Waals surface area contributed by atoms with Gasteiger partial charge in [0.15, 0.2) is 0 Å². The maximum Gasteiger partial charge on any atom is 0.224 e. The molecule has 0 unspecified atom stereocenters. The van der Waals surface area contributed by atoms with Gasteiger partial charge in [0.2, 0.25) is 11.8 Å². The van der Waals surface area contributed by atoms with Gasteiger partial charge in [-0.2, -0.15) is 0 Å². The topological polar surface area (TPSA) is 168 Å². The lowest BCUT2D eigenvalue weighted by molar-refractivity contribution is -0.135. The molecule has 10 nitrogen and oxygen atoms in total. The SMILES string of the molecule is O=C(CNCO)CC(O)(CC(=O)NCO)CC(=O)NCO. The van der Waals surface area contributed by atoms with Gasteiger partial charge < -0.3 is 31.1 Å². The molecule has 10 heteroatoms. The molecule has 0 radical (unpaired) electrons. The second-order valence-corrected chi connectivity index (χ2v) is 4.39. The number of ketones is 1. The van der Waals surface area contributed by atoms with Gasteiger partial charge in [-0.25, -0.2) is 0 Å². The standard InChI is InChI=1S/C11H21N3O7/c15-5-12-4-8(18)1-11(21,2-9(19)13-6-16)3-10(20)14-7-17/h12,15-17,21H,1-7H2,(H,13,19)(H,14,20). The first-order valence-corrected chi connectivity index (χ1v) is 6.17. The van der Waals surface area contributed by atoms with Gasteiger partial charge in [0.05, 0.1) is 31.7 Å². The Kier molecular flexibility index (Phi) is 9.41. The first kappa shape index (κ1) is 19.4. The van der Waals surface area contributed by atoms with Crippen molar-refractivity contribution in [2.45, 2.75) is 24.9 Å². The maximum atomic E-state index is 11.6. The Morgan fingerprint density at radius 2 is 1.29 bits per heavy atom. The molecule has 0 saturated carbocycles. The molecule has 7 N–H and O–H groups in total. The summed E-state index contributed by atoms with van der Waals surface area (Å²) in [4.78, 5) is 34.4. The molecule has 0 fully saturated rings. The minimum absolute atomic E-state index is 0.234. The third-order valence-corrected chi connectivity index (χ3v) is 2.49. The van der Waals surface area contributed by atoms with E-state index < -0.39 is 62.7 Å². The van der Waals surface area contributed by atoms with Crippen LogP contribution in [0.5, 0.6) is 0 Å². The number of rotatable bonds is 11. The van der Waals surface area contributed by atoms with Gasteiger partial charge in [-0.1, -0.05) is 0 Å². The molecule has 0 rings (SSSR count). The van der Waals surface area contributed by atoms with Crippen LogP contribution in [-0.4, -0.2) is 70.4 Å². The summed E-state index contributed by atoms with van der Waals surface area (Å²) in [5.41, 5.74) is -1.95. The molecule has 0 saturated heterocycles. The van der Waals surface area contributed by atoms with Crippen molar-refractivity contribution < 1.29 is 34.8 Å². The average Bonchev–Trinajstić information content (AvgIpc) is 2.35. The first-order chi connectivity index (χ1) is 9.86. The van der Waals surface area contributed by atoms with Crippen molar-refractivity contribution in [1.82, 2.24) is 16.0 Å². The smallest absolute Gasteiger partial charge is 0.224 e. The lowest BCUT2D eigenvalue weighted by Crippen LogP contribution is -2.44. The van der Waals surface area contributed by atoms with Crippen molar-refractivity contribution in [3.05, 3.63) is 0 Å². The molecule has 21 heavy (non-hydrogen) atoms. The summed E-state index contributed by atoms with van der Waals surface area (Å²) in [6.07, 6.45) is -1.65. The maximum absolute atomic E-state index is 11.6. The Hall–Kier alpha value is -1.59. The Balaban J connectivity index is 4.76. The van der Waals surface area contributed by atoms with E-state index in [4.69, 9.17) is 15.3 Å². The number of carbonyl (C=O) groups excluding carboxylic acids is 3. The number of carbonyl (C=O) groups is 3. The quantitative estimate of drug-likeness (QED) is 0.190. The van der Waals surface area contributed by atoms with Gasteiger partial charge in [-0.15, -0.1) is 0 Å². The van der Waals surface area contributed by atoms with Gasteiger partial charge in [0.25, 0.3) is 0 Å². The highest BCUT2D eigenvalue weighted by Crippen LogP contribution is 2.20. The van der Waals surface area contributed by atoms with E-state index in [0.717, 1.165) is 0 Å². The van der Waals surface area contributed by atoms with Crippen LogP contribution < -0.4 is 16.0 Å². The molecule has 2 amide bonds. The van der Waals surface area contributed by atoms with Crippen molar-refractivity contribution in [3.63, 3.8) is 0 Å². The van der Waals surface area contributed by atoms with E-state index in [0.29, 0.717) is 0 Å². The van der Waals surface area contributed by atoms with Crippen LogP contribution in [0.3, 0.4) is 0 Å². The molecule has 0 spiro atoms. The van der Waals surface area contributed by atoms with Crippen molar-refractivity contribution in [2.24, 2.45) is 0 Å². The van der Waals surface area contributed by atoms with Crippen molar-refractivity contribution in [2.75, 3.05) is 26.7 Å². The fourth-order valence-electron chi connectivity index (χ4n) is 1.71. The predicted octanol–water partition coefficient (Wildman–Crippen LogP) is -3.87. The summed E-state index contributed by atoms with van der Waals surface area (Å²) < 4.78 is 0. The van der Waals surface area contributed by atoms with E-state index in [9.17, 15) is 19.5 Å². The lowest BCUT2D eigenvalue weighted by atomic mass is 9.88. The van der Waals surface area contributed by atoms with E-state index in [1.807, 2.05) is 10.6 Å². The third-order valence-electron chi connectivity index (χ3n) is 2.49. The number of aliphatic hydroxyl groups excluding tert-OH is 3. The van der Waals surface area contributed by atoms with Crippen LogP contribution in [0, 0.1) is 0 Å². The van der Waals surface area contributed by atoms with Crippen LogP contribution >= 0.6 is 0 Å². The summed E-state index contributed by atoms with van der Waals surface area (Å²) in [6.45, 7) is -1.95. The molecule has 0 aromatic heterocycles. The Morgan fingerprint density at radius 3 is 1.67 bits per heavy atom. The summed E-state index contributed by atoms with van der Waals surface area (Å²) in [7, 11) is 0. The largest absolute Gasteiger partial charge is 0.388 e. The van der Waals surface area contributed by atoms with E-state index in [1.54, 1.807) is 0 Å². The molecule has 0 aromatic carbocycles. The van der Waals surface area contributed by atoms with Crippen LogP contribution in [0.25, 0.3) is 0 Å². The molecule has 0 aromatic rings. The highest BCUT2D eigenvalue weighted by atomic mass is 16.3. The van der Waals surface area contributed by atoms with Crippen LogP contribution in [0.15, 0.2) is 0 Å². The number of nitrogens with one attached hydrogen (secondary N) is 3. The van der Waals surface area contributed by atoms with Gasteiger partial charge in [0.1, 0.15) is 19.2 Å². The van der Waals surface area contributed by atoms with Crippen molar-refractivity contribution >= 4 is 17.6 Å². The Bertz CT molecular complexity index is 342. The molecule has 0 aliphatic rings. The summed E-state index contributed by atoms with van der Waals surface area (Å²) in [5.74, 6) is -1.99. The first-order valence-electron chi connectivity index (χ1n) is 6.17. The number of Topliss-reactive ketones (excluding diaryl/α,β-unsaturated/α-hetero) is 1. The van der Waals surface area contributed by atoms with E-state index in [2.05, 4.69) is 5.32 Å². The van der Waals surface area contributed by atoms with Crippen molar-refractivity contribution in [3.8, 4) is 0 Å². The van der Waals surface area contributed by atoms with Gasteiger partial charge in [-0.05, 0) is 0 Å². The molecule has 0 aliphatic heterocycles. The zero-order chi connectivity index (χ0) is 16.3. The van der Waals surface area contributed by atoms with Crippen LogP contribution in [-0.2, 0) is 14.4 Å². The Labute approximate surface area is 121 Å². The molecule has 0 aliphatic carbocycles. The third kappa shape index (κ3) is 9.05. The monoisotopic (exact) mass is 307 g/mol. The summed E-state index contributed by atoms with van der Waals surface area (Å²) >= 11 is 0. The number of amides is 2. The lowest BCUT2D eigenvalue weighted by Gasteiger charge is -2.26. The number of hydrogen-bond donors (Lipinski definition) is 7. The highest BCUT2D eigenvalue weighted by molar-refractivity contribution is 5.86. The average molecular weight is 307 g/mol. The van der Waals surface area contributed by atoms with Gasteiger partial charge in [-0.3, -0.25) is 19.7 Å². The predicted molar refractivity (Wildman–Crippen MR) is 69.4 cm³/mol. The summed E-state index contributed by atoms with van der Waals surface area (Å²) in [6, 6.07) is 0. The van der Waals surface area contributed by atoms with E-state index in [-0.39, 0.29) is 6.54 Å². The second-order valence-electron chi connectivity index (χ2n) is 4.39. The molecular weight excluding hydrogens is 286 g/mol. The van der Waals surface area contributed by atoms with Gasteiger partial charge in [0, 0.05) is 6.42 Å². The van der Waals surface area contributed by atoms with Gasteiger partial charge >= 0.3 is 0 Å². The minimum atomic E-state index is -1.95. The van der Waals surface area contributed by atoms with Crippen LogP contribution in [0.1, 0.15) is 19.3 Å². The fourth-order valence-corrected chi connectivity index (χ4v) is 1.71. The Morgan fingerprint density at radius 1 is 0.810 bits per heavy atom. The van der Waals surface area contributed by atoms with E-state index >= 15 is 0 Å². The molecule has 122 valence electrons. The number of hydrogen-bond acceptors (Lipinski definition) is 8. The zero-order valence-electron chi connectivity index (χ0n) is 11.5. The highest BCUT2D eigenvalue weighted by Gasteiger charge is 2.34. The zero-order valence-corrected chi connectivity index (χ0v) is 11.5. The molecule has 0 heterocycles. The van der Waals surface area contributed by atoms with E-state index in [1.165, 1.54) is 0 Å². The fraction of sp³-hybridized carbons (Fsp3) is 0.727. The van der Waals surface area contributed by atoms with Crippen LogP contribution in [0.2, 0.25) is 0 Å². The molecule has 0 atom stereocenters. The van der Waals surface area contributed by atoms with Crippen LogP contribution in [0.4, 0.5) is 0 Å². The minimum Gasteiger partial charge on any atom is -0.388 e. The molecule has 0 bridgehead atoms. The molecular formula is C11H21N3O7.